The van der Waals surface area contributed by atoms with Crippen molar-refractivity contribution in [3.63, 3.8) is 0 Å². The Labute approximate surface area is 219 Å². The molecule has 9 nitrogen and oxygen atoms in total. The van der Waals surface area contributed by atoms with Gasteiger partial charge in [-0.25, -0.2) is 4.98 Å². The molecule has 38 heavy (non-hydrogen) atoms. The molecule has 0 aliphatic carbocycles. The topological polar surface area (TPSA) is 93.2 Å². The number of fused-ring (bicyclic) bond motifs is 2. The lowest BCUT2D eigenvalue weighted by Crippen LogP contribution is -2.49. The van der Waals surface area contributed by atoms with Crippen molar-refractivity contribution in [3.8, 4) is 17.2 Å². The zero-order valence-electron chi connectivity index (χ0n) is 20.8. The van der Waals surface area contributed by atoms with Crippen LogP contribution < -0.4 is 24.4 Å². The van der Waals surface area contributed by atoms with Crippen molar-refractivity contribution in [3.05, 3.63) is 84.1 Å². The third-order valence-corrected chi connectivity index (χ3v) is 6.81. The van der Waals surface area contributed by atoms with Crippen molar-refractivity contribution < 1.29 is 23.8 Å². The number of rotatable bonds is 5. The second kappa shape index (κ2) is 9.93. The molecule has 2 amide bonds. The fraction of sp³-hybridized carbons (Fsp3) is 0.207. The summed E-state index contributed by atoms with van der Waals surface area (Å²) in [5.74, 6) is 1.53. The third-order valence-electron chi connectivity index (χ3n) is 6.81. The molecule has 1 saturated heterocycles. The van der Waals surface area contributed by atoms with Crippen LogP contribution in [-0.4, -0.2) is 61.8 Å². The van der Waals surface area contributed by atoms with Crippen LogP contribution in [0.25, 0.3) is 10.9 Å². The lowest BCUT2D eigenvalue weighted by Gasteiger charge is -2.36. The van der Waals surface area contributed by atoms with Crippen LogP contribution in [0.4, 0.5) is 11.4 Å². The minimum Gasteiger partial charge on any atom is -0.496 e. The monoisotopic (exact) mass is 510 g/mol. The lowest BCUT2D eigenvalue weighted by molar-refractivity contribution is 0.0740. The second-order valence-corrected chi connectivity index (χ2v) is 9.08. The molecule has 0 atom stereocenters. The molecule has 192 valence electrons. The minimum atomic E-state index is -0.220. The minimum absolute atomic E-state index is 0.102. The Kier molecular flexibility index (Phi) is 6.17. The number of anilines is 2. The van der Waals surface area contributed by atoms with Gasteiger partial charge in [0.05, 0.1) is 12.6 Å². The number of carbonyl (C=O) groups is 2. The van der Waals surface area contributed by atoms with E-state index in [1.165, 1.54) is 0 Å². The molecular formula is C29H26N4O5. The fourth-order valence-electron chi connectivity index (χ4n) is 4.75. The summed E-state index contributed by atoms with van der Waals surface area (Å²) in [6, 6.07) is 22.2. The highest BCUT2D eigenvalue weighted by Crippen LogP contribution is 2.33. The fourth-order valence-corrected chi connectivity index (χ4v) is 4.75. The van der Waals surface area contributed by atoms with Gasteiger partial charge in [-0.05, 0) is 54.6 Å². The van der Waals surface area contributed by atoms with Gasteiger partial charge < -0.3 is 29.3 Å². The van der Waals surface area contributed by atoms with Crippen LogP contribution in [-0.2, 0) is 0 Å². The van der Waals surface area contributed by atoms with E-state index in [0.717, 1.165) is 16.6 Å². The Morgan fingerprint density at radius 2 is 1.66 bits per heavy atom. The number of piperazine rings is 1. The first-order valence-electron chi connectivity index (χ1n) is 12.4. The van der Waals surface area contributed by atoms with Crippen molar-refractivity contribution in [2.45, 2.75) is 0 Å². The van der Waals surface area contributed by atoms with E-state index in [9.17, 15) is 9.59 Å². The van der Waals surface area contributed by atoms with E-state index in [1.54, 1.807) is 31.4 Å². The maximum Gasteiger partial charge on any atom is 0.272 e. The van der Waals surface area contributed by atoms with Gasteiger partial charge >= 0.3 is 0 Å². The normalized spacial score (nSPS) is 14.4. The number of nitrogens with one attached hydrogen (secondary N) is 1. The summed E-state index contributed by atoms with van der Waals surface area (Å²) in [4.78, 5) is 34.5. The number of carbonyl (C=O) groups excluding carboxylic acids is 2. The summed E-state index contributed by atoms with van der Waals surface area (Å²) in [5, 5.41) is 3.80. The quantitative estimate of drug-likeness (QED) is 0.430. The molecule has 3 heterocycles. The number of para-hydroxylation sites is 1. The molecule has 9 heteroatoms. The third kappa shape index (κ3) is 4.54. The predicted molar refractivity (Wildman–Crippen MR) is 143 cm³/mol. The Hall–Kier alpha value is -4.79. The first-order chi connectivity index (χ1) is 18.6. The standard InChI is InChI=1S/C29H26N4O5/c1-36-26-17-24(31-23-5-3-2-4-22(23)26)29(35)33-14-12-32(13-15-33)21-9-7-20(8-10-21)30-28(34)19-6-11-25-27(16-19)38-18-37-25/h2-11,16-17H,12-15,18H2,1H3,(H,30,34). The highest BCUT2D eigenvalue weighted by Gasteiger charge is 2.24. The van der Waals surface area contributed by atoms with Gasteiger partial charge in [0.2, 0.25) is 6.79 Å². The van der Waals surface area contributed by atoms with Gasteiger partial charge in [-0.15, -0.1) is 0 Å². The first kappa shape index (κ1) is 23.6. The highest BCUT2D eigenvalue weighted by molar-refractivity contribution is 6.04. The summed E-state index contributed by atoms with van der Waals surface area (Å²) in [5.41, 5.74) is 3.35. The summed E-state index contributed by atoms with van der Waals surface area (Å²) in [7, 11) is 1.60. The Morgan fingerprint density at radius 1 is 0.895 bits per heavy atom. The van der Waals surface area contributed by atoms with Gasteiger partial charge in [-0.2, -0.15) is 0 Å². The number of nitrogens with zero attached hydrogens (tertiary/aromatic N) is 3. The largest absolute Gasteiger partial charge is 0.496 e. The van der Waals surface area contributed by atoms with E-state index in [0.29, 0.717) is 60.4 Å². The number of hydrogen-bond acceptors (Lipinski definition) is 7. The van der Waals surface area contributed by atoms with Gasteiger partial charge in [0.1, 0.15) is 11.4 Å². The van der Waals surface area contributed by atoms with Crippen LogP contribution in [0.15, 0.2) is 72.8 Å². The van der Waals surface area contributed by atoms with Crippen molar-refractivity contribution in [1.29, 1.82) is 0 Å². The van der Waals surface area contributed by atoms with Crippen molar-refractivity contribution in [1.82, 2.24) is 9.88 Å². The Balaban J connectivity index is 1.07. The maximum absolute atomic E-state index is 13.2. The summed E-state index contributed by atoms with van der Waals surface area (Å²) < 4.78 is 16.2. The van der Waals surface area contributed by atoms with Crippen LogP contribution in [0.3, 0.4) is 0 Å². The van der Waals surface area contributed by atoms with E-state index in [1.807, 2.05) is 53.4 Å². The van der Waals surface area contributed by atoms with Gasteiger partial charge in [0.25, 0.3) is 11.8 Å². The van der Waals surface area contributed by atoms with E-state index < -0.39 is 0 Å². The number of pyridine rings is 1. The van der Waals surface area contributed by atoms with E-state index in [4.69, 9.17) is 14.2 Å². The summed E-state index contributed by atoms with van der Waals surface area (Å²) in [6.45, 7) is 2.72. The Bertz CT molecular complexity index is 1510. The molecule has 4 aromatic rings. The molecular weight excluding hydrogens is 484 g/mol. The van der Waals surface area contributed by atoms with E-state index in [-0.39, 0.29) is 18.6 Å². The van der Waals surface area contributed by atoms with Crippen LogP contribution in [0.2, 0.25) is 0 Å². The van der Waals surface area contributed by atoms with Crippen LogP contribution in [0.1, 0.15) is 20.8 Å². The molecule has 0 radical (unpaired) electrons. The zero-order chi connectivity index (χ0) is 26.1. The van der Waals surface area contributed by atoms with E-state index >= 15 is 0 Å². The smallest absolute Gasteiger partial charge is 0.272 e. The molecule has 0 unspecified atom stereocenters. The summed E-state index contributed by atoms with van der Waals surface area (Å²) >= 11 is 0. The lowest BCUT2D eigenvalue weighted by atomic mass is 10.1. The van der Waals surface area contributed by atoms with Gasteiger partial charge in [0.15, 0.2) is 11.5 Å². The first-order valence-corrected chi connectivity index (χ1v) is 12.4. The van der Waals surface area contributed by atoms with Crippen molar-refractivity contribution in [2.24, 2.45) is 0 Å². The molecule has 6 rings (SSSR count). The van der Waals surface area contributed by atoms with Crippen molar-refractivity contribution >= 4 is 34.1 Å². The number of benzene rings is 3. The van der Waals surface area contributed by atoms with Crippen molar-refractivity contribution in [2.75, 3.05) is 50.3 Å². The summed E-state index contributed by atoms with van der Waals surface area (Å²) in [6.07, 6.45) is 0. The molecule has 0 saturated carbocycles. The SMILES string of the molecule is COc1cc(C(=O)N2CCN(c3ccc(NC(=O)c4ccc5c(c4)OCO5)cc3)CC2)nc2ccccc12. The molecule has 0 bridgehead atoms. The molecule has 2 aliphatic heterocycles. The number of ether oxygens (including phenoxy) is 3. The second-order valence-electron chi connectivity index (χ2n) is 9.08. The number of amides is 2. The molecule has 3 aromatic carbocycles. The van der Waals surface area contributed by atoms with Crippen LogP contribution >= 0.6 is 0 Å². The molecule has 2 aliphatic rings. The van der Waals surface area contributed by atoms with E-state index in [2.05, 4.69) is 15.2 Å². The zero-order valence-corrected chi connectivity index (χ0v) is 20.8. The molecule has 1 N–H and O–H groups in total. The van der Waals surface area contributed by atoms with Crippen LogP contribution in [0, 0.1) is 0 Å². The number of methoxy groups -OCH3 is 1. The Morgan fingerprint density at radius 3 is 2.45 bits per heavy atom. The number of hydrogen-bond donors (Lipinski definition) is 1. The van der Waals surface area contributed by atoms with Crippen LogP contribution in [0.5, 0.6) is 17.2 Å². The maximum atomic E-state index is 13.2. The van der Waals surface area contributed by atoms with Gasteiger partial charge in [-0.3, -0.25) is 9.59 Å². The molecule has 0 spiro atoms. The number of aromatic nitrogens is 1. The van der Waals surface area contributed by atoms with Gasteiger partial charge in [-0.1, -0.05) is 12.1 Å². The highest BCUT2D eigenvalue weighted by atomic mass is 16.7. The average molecular weight is 511 g/mol. The predicted octanol–water partition coefficient (Wildman–Crippen LogP) is 4.19. The average Bonchev–Trinajstić information content (AvgIpc) is 3.45. The molecule has 1 fully saturated rings. The van der Waals surface area contributed by atoms with Gasteiger partial charge in [0, 0.05) is 54.6 Å². The molecule has 1 aromatic heterocycles.